The Balaban J connectivity index is 2.29. The molecule has 0 aliphatic carbocycles. The van der Waals surface area contributed by atoms with Gasteiger partial charge in [0.2, 0.25) is 0 Å². The molecular formula is C17H15ClN2O. The average Bonchev–Trinajstić information content (AvgIpc) is 2.47. The number of amides is 1. The van der Waals surface area contributed by atoms with Gasteiger partial charge in [0.1, 0.15) is 0 Å². The quantitative estimate of drug-likeness (QED) is 0.837. The minimum atomic E-state index is -0.183. The highest BCUT2D eigenvalue weighted by Crippen LogP contribution is 2.20. The molecule has 4 heteroatoms. The van der Waals surface area contributed by atoms with Gasteiger partial charge in [0.25, 0.3) is 5.91 Å². The lowest BCUT2D eigenvalue weighted by molar-refractivity contribution is 0.102. The average molecular weight is 299 g/mol. The fourth-order valence-electron chi connectivity index (χ4n) is 1.86. The highest BCUT2D eigenvalue weighted by atomic mass is 35.5. The molecule has 3 N–H and O–H groups in total. The second kappa shape index (κ2) is 6.94. The molecule has 0 bridgehead atoms. The van der Waals surface area contributed by atoms with Crippen LogP contribution in [0.2, 0.25) is 5.02 Å². The summed E-state index contributed by atoms with van der Waals surface area (Å²) in [6.07, 6.45) is 0. The van der Waals surface area contributed by atoms with Crippen molar-refractivity contribution in [1.82, 2.24) is 0 Å². The number of nitrogens with one attached hydrogen (secondary N) is 1. The Bertz CT molecular complexity index is 729. The second-order valence-corrected chi connectivity index (χ2v) is 4.96. The van der Waals surface area contributed by atoms with Crippen LogP contribution >= 0.6 is 11.6 Å². The van der Waals surface area contributed by atoms with E-state index in [1.165, 1.54) is 0 Å². The number of aryl methyl sites for hydroxylation is 1. The van der Waals surface area contributed by atoms with E-state index in [-0.39, 0.29) is 12.5 Å². The van der Waals surface area contributed by atoms with E-state index in [2.05, 4.69) is 17.2 Å². The first-order chi connectivity index (χ1) is 10.1. The van der Waals surface area contributed by atoms with Crippen molar-refractivity contribution in [2.24, 2.45) is 5.73 Å². The molecule has 0 spiro atoms. The van der Waals surface area contributed by atoms with E-state index in [9.17, 15) is 4.79 Å². The minimum Gasteiger partial charge on any atom is -0.321 e. The van der Waals surface area contributed by atoms with Crippen LogP contribution in [0.15, 0.2) is 42.5 Å². The Labute approximate surface area is 129 Å². The SMILES string of the molecule is Cc1cccc(C(=O)Nc2ccc(Cl)cc2C#CCN)c1. The Morgan fingerprint density at radius 2 is 2.10 bits per heavy atom. The predicted molar refractivity (Wildman–Crippen MR) is 86.5 cm³/mol. The fraction of sp³-hybridized carbons (Fsp3) is 0.118. The number of nitrogens with two attached hydrogens (primary N) is 1. The van der Waals surface area contributed by atoms with Gasteiger partial charge in [-0.05, 0) is 37.3 Å². The number of halogens is 1. The maximum atomic E-state index is 12.3. The summed E-state index contributed by atoms with van der Waals surface area (Å²) in [5.41, 5.74) is 8.27. The first kappa shape index (κ1) is 15.1. The smallest absolute Gasteiger partial charge is 0.255 e. The van der Waals surface area contributed by atoms with E-state index in [1.807, 2.05) is 25.1 Å². The number of rotatable bonds is 2. The van der Waals surface area contributed by atoms with Gasteiger partial charge in [-0.1, -0.05) is 41.1 Å². The van der Waals surface area contributed by atoms with Crippen molar-refractivity contribution in [1.29, 1.82) is 0 Å². The highest BCUT2D eigenvalue weighted by Gasteiger charge is 2.09. The van der Waals surface area contributed by atoms with Crippen molar-refractivity contribution in [2.45, 2.75) is 6.92 Å². The summed E-state index contributed by atoms with van der Waals surface area (Å²) >= 11 is 5.96. The number of carbonyl (C=O) groups excluding carboxylic acids is 1. The number of anilines is 1. The first-order valence-corrected chi connectivity index (χ1v) is 6.84. The van der Waals surface area contributed by atoms with Crippen LogP contribution in [-0.2, 0) is 0 Å². The lowest BCUT2D eigenvalue weighted by Gasteiger charge is -2.08. The van der Waals surface area contributed by atoms with Gasteiger partial charge in [-0.2, -0.15) is 0 Å². The van der Waals surface area contributed by atoms with Crippen LogP contribution in [0, 0.1) is 18.8 Å². The van der Waals surface area contributed by atoms with Gasteiger partial charge < -0.3 is 11.1 Å². The summed E-state index contributed by atoms with van der Waals surface area (Å²) in [7, 11) is 0. The Hall–Kier alpha value is -2.28. The summed E-state index contributed by atoms with van der Waals surface area (Å²) in [6.45, 7) is 2.19. The van der Waals surface area contributed by atoms with Gasteiger partial charge in [-0.25, -0.2) is 0 Å². The minimum absolute atomic E-state index is 0.183. The standard InChI is InChI=1S/C17H15ClN2O/c1-12-4-2-5-14(10-12)17(21)20-16-8-7-15(18)11-13(16)6-3-9-19/h2,4-5,7-8,10-11H,9,19H2,1H3,(H,20,21). The Kier molecular flexibility index (Phi) is 4.99. The van der Waals surface area contributed by atoms with Crippen LogP contribution in [-0.4, -0.2) is 12.5 Å². The maximum Gasteiger partial charge on any atom is 0.255 e. The van der Waals surface area contributed by atoms with Crippen molar-refractivity contribution in [2.75, 3.05) is 11.9 Å². The molecule has 0 fully saturated rings. The Morgan fingerprint density at radius 3 is 2.81 bits per heavy atom. The summed E-state index contributed by atoms with van der Waals surface area (Å²) < 4.78 is 0. The molecule has 2 rings (SSSR count). The van der Waals surface area contributed by atoms with Gasteiger partial charge in [-0.3, -0.25) is 4.79 Å². The summed E-state index contributed by atoms with van der Waals surface area (Å²) in [5.74, 6) is 5.49. The molecule has 0 radical (unpaired) electrons. The molecule has 0 aliphatic rings. The van der Waals surface area contributed by atoms with Crippen molar-refractivity contribution < 1.29 is 4.79 Å². The molecule has 106 valence electrons. The van der Waals surface area contributed by atoms with Gasteiger partial charge in [0.15, 0.2) is 0 Å². The first-order valence-electron chi connectivity index (χ1n) is 6.46. The summed E-state index contributed by atoms with van der Waals surface area (Å²) in [6, 6.07) is 12.5. The van der Waals surface area contributed by atoms with Crippen molar-refractivity contribution in [3.8, 4) is 11.8 Å². The fourth-order valence-corrected chi connectivity index (χ4v) is 2.03. The van der Waals surface area contributed by atoms with Crippen LogP contribution < -0.4 is 11.1 Å². The maximum absolute atomic E-state index is 12.3. The monoisotopic (exact) mass is 298 g/mol. The summed E-state index contributed by atoms with van der Waals surface area (Å²) in [5, 5.41) is 3.41. The molecule has 2 aromatic carbocycles. The lowest BCUT2D eigenvalue weighted by atomic mass is 10.1. The molecule has 0 saturated carbocycles. The van der Waals surface area contributed by atoms with Crippen LogP contribution in [0.4, 0.5) is 5.69 Å². The third kappa shape index (κ3) is 4.09. The zero-order valence-electron chi connectivity index (χ0n) is 11.6. The molecule has 21 heavy (non-hydrogen) atoms. The van der Waals surface area contributed by atoms with Gasteiger partial charge >= 0.3 is 0 Å². The molecule has 0 aliphatic heterocycles. The molecule has 0 heterocycles. The van der Waals surface area contributed by atoms with Crippen LogP contribution in [0.25, 0.3) is 0 Å². The molecule has 0 aromatic heterocycles. The van der Waals surface area contributed by atoms with E-state index >= 15 is 0 Å². The number of hydrogen-bond acceptors (Lipinski definition) is 2. The molecule has 2 aromatic rings. The van der Waals surface area contributed by atoms with Crippen LogP contribution in [0.1, 0.15) is 21.5 Å². The normalized spacial score (nSPS) is 9.67. The Morgan fingerprint density at radius 1 is 1.29 bits per heavy atom. The lowest BCUT2D eigenvalue weighted by Crippen LogP contribution is -2.13. The van der Waals surface area contributed by atoms with Crippen LogP contribution in [0.3, 0.4) is 0 Å². The third-order valence-electron chi connectivity index (χ3n) is 2.84. The molecular weight excluding hydrogens is 284 g/mol. The topological polar surface area (TPSA) is 55.1 Å². The predicted octanol–water partition coefficient (Wildman–Crippen LogP) is 3.21. The third-order valence-corrected chi connectivity index (χ3v) is 3.07. The van der Waals surface area contributed by atoms with E-state index < -0.39 is 0 Å². The number of hydrogen-bond donors (Lipinski definition) is 2. The largest absolute Gasteiger partial charge is 0.321 e. The highest BCUT2D eigenvalue weighted by molar-refractivity contribution is 6.30. The van der Waals surface area contributed by atoms with Gasteiger partial charge in [0, 0.05) is 16.1 Å². The van der Waals surface area contributed by atoms with Crippen LogP contribution in [0.5, 0.6) is 0 Å². The zero-order valence-corrected chi connectivity index (χ0v) is 12.4. The number of benzene rings is 2. The second-order valence-electron chi connectivity index (χ2n) is 4.52. The van der Waals surface area contributed by atoms with E-state index in [4.69, 9.17) is 17.3 Å². The van der Waals surface area contributed by atoms with Crippen molar-refractivity contribution >= 4 is 23.2 Å². The van der Waals surface area contributed by atoms with E-state index in [0.717, 1.165) is 5.56 Å². The molecule has 0 saturated heterocycles. The summed E-state index contributed by atoms with van der Waals surface area (Å²) in [4.78, 5) is 12.3. The van der Waals surface area contributed by atoms with Gasteiger partial charge in [-0.15, -0.1) is 0 Å². The molecule has 1 amide bonds. The van der Waals surface area contributed by atoms with Crippen molar-refractivity contribution in [3.05, 3.63) is 64.2 Å². The van der Waals surface area contributed by atoms with E-state index in [0.29, 0.717) is 21.8 Å². The molecule has 3 nitrogen and oxygen atoms in total. The van der Waals surface area contributed by atoms with Crippen molar-refractivity contribution in [3.63, 3.8) is 0 Å². The molecule has 0 atom stereocenters. The molecule has 0 unspecified atom stereocenters. The zero-order chi connectivity index (χ0) is 15.2. The van der Waals surface area contributed by atoms with E-state index in [1.54, 1.807) is 24.3 Å². The van der Waals surface area contributed by atoms with Gasteiger partial charge in [0.05, 0.1) is 12.2 Å². The number of carbonyl (C=O) groups is 1.